The number of ether oxygens (including phenoxy) is 1. The zero-order valence-electron chi connectivity index (χ0n) is 9.74. The summed E-state index contributed by atoms with van der Waals surface area (Å²) in [5.41, 5.74) is 0.581. The first-order valence-corrected chi connectivity index (χ1v) is 6.15. The van der Waals surface area contributed by atoms with Crippen LogP contribution in [0.15, 0.2) is 63.3 Å². The van der Waals surface area contributed by atoms with Gasteiger partial charge in [-0.25, -0.2) is 4.79 Å². The van der Waals surface area contributed by atoms with Crippen molar-refractivity contribution in [1.82, 2.24) is 0 Å². The molecule has 0 aliphatic heterocycles. The SMILES string of the molecule is N#COc1ccc(Sc2ccc(N=C=O)cc2)cc1. The van der Waals surface area contributed by atoms with Crippen molar-refractivity contribution in [2.45, 2.75) is 9.79 Å². The van der Waals surface area contributed by atoms with Crippen LogP contribution in [0, 0.1) is 11.5 Å². The lowest BCUT2D eigenvalue weighted by Gasteiger charge is -2.02. The van der Waals surface area contributed by atoms with Crippen molar-refractivity contribution in [1.29, 1.82) is 5.26 Å². The van der Waals surface area contributed by atoms with Gasteiger partial charge in [-0.05, 0) is 48.5 Å². The Morgan fingerprint density at radius 2 is 1.58 bits per heavy atom. The smallest absolute Gasteiger partial charge is 0.292 e. The second-order valence-corrected chi connectivity index (χ2v) is 4.61. The van der Waals surface area contributed by atoms with Crippen molar-refractivity contribution in [3.05, 3.63) is 48.5 Å². The van der Waals surface area contributed by atoms with Crippen LogP contribution in [-0.2, 0) is 4.79 Å². The molecule has 0 N–H and O–H groups in total. The lowest BCUT2D eigenvalue weighted by Crippen LogP contribution is -1.80. The number of benzene rings is 2. The molecule has 2 aromatic carbocycles. The molecule has 0 saturated heterocycles. The maximum Gasteiger partial charge on any atom is 0.292 e. The Morgan fingerprint density at radius 1 is 1.00 bits per heavy atom. The Hall–Kier alpha value is -2.54. The lowest BCUT2D eigenvalue weighted by molar-refractivity contribution is 0.507. The van der Waals surface area contributed by atoms with Gasteiger partial charge in [0.25, 0.3) is 6.26 Å². The van der Waals surface area contributed by atoms with Crippen LogP contribution in [0.2, 0.25) is 0 Å². The van der Waals surface area contributed by atoms with Crippen molar-refractivity contribution in [3.63, 3.8) is 0 Å². The molecule has 0 fully saturated rings. The van der Waals surface area contributed by atoms with E-state index in [9.17, 15) is 4.79 Å². The molecule has 0 aromatic heterocycles. The molecule has 0 bridgehead atoms. The Kier molecular flexibility index (Phi) is 4.35. The molecular weight excluding hydrogens is 260 g/mol. The van der Waals surface area contributed by atoms with E-state index in [1.54, 1.807) is 42.3 Å². The van der Waals surface area contributed by atoms with Gasteiger partial charge in [-0.15, -0.1) is 5.26 Å². The minimum atomic E-state index is 0.516. The normalized spacial score (nSPS) is 9.21. The highest BCUT2D eigenvalue weighted by Crippen LogP contribution is 2.30. The number of nitrogens with zero attached hydrogens (tertiary/aromatic N) is 2. The first-order valence-electron chi connectivity index (χ1n) is 5.33. The van der Waals surface area contributed by atoms with E-state index in [1.807, 2.05) is 24.3 Å². The quantitative estimate of drug-likeness (QED) is 0.482. The second-order valence-electron chi connectivity index (χ2n) is 3.46. The molecule has 0 amide bonds. The number of rotatable bonds is 4. The summed E-state index contributed by atoms with van der Waals surface area (Å²) < 4.78 is 4.70. The van der Waals surface area contributed by atoms with E-state index in [2.05, 4.69) is 4.99 Å². The van der Waals surface area contributed by atoms with Crippen molar-refractivity contribution in [2.24, 2.45) is 4.99 Å². The average molecular weight is 268 g/mol. The van der Waals surface area contributed by atoms with Crippen molar-refractivity contribution in [3.8, 4) is 12.0 Å². The molecule has 0 heterocycles. The number of carbonyl (C=O) groups excluding carboxylic acids is 1. The topological polar surface area (TPSA) is 62.4 Å². The molecule has 92 valence electrons. The number of isocyanates is 1. The molecule has 0 unspecified atom stereocenters. The zero-order chi connectivity index (χ0) is 13.5. The molecule has 0 aliphatic rings. The molecule has 5 heteroatoms. The van der Waals surface area contributed by atoms with Crippen molar-refractivity contribution < 1.29 is 9.53 Å². The highest BCUT2D eigenvalue weighted by molar-refractivity contribution is 7.99. The predicted molar refractivity (Wildman–Crippen MR) is 71.0 cm³/mol. The summed E-state index contributed by atoms with van der Waals surface area (Å²) in [5, 5.41) is 8.38. The maximum absolute atomic E-state index is 10.1. The summed E-state index contributed by atoms with van der Waals surface area (Å²) in [4.78, 5) is 15.7. The Balaban J connectivity index is 2.08. The van der Waals surface area contributed by atoms with Crippen LogP contribution >= 0.6 is 11.8 Å². The molecular formula is C14H8N2O2S. The molecule has 0 spiro atoms. The summed E-state index contributed by atoms with van der Waals surface area (Å²) in [6.07, 6.45) is 3.12. The second kappa shape index (κ2) is 6.41. The van der Waals surface area contributed by atoms with E-state index in [-0.39, 0.29) is 0 Å². The third-order valence-electron chi connectivity index (χ3n) is 2.23. The summed E-state index contributed by atoms with van der Waals surface area (Å²) >= 11 is 1.56. The van der Waals surface area contributed by atoms with Crippen LogP contribution in [0.3, 0.4) is 0 Å². The van der Waals surface area contributed by atoms with Gasteiger partial charge in [-0.1, -0.05) is 11.8 Å². The van der Waals surface area contributed by atoms with Gasteiger partial charge in [0.2, 0.25) is 6.08 Å². The summed E-state index contributed by atoms with van der Waals surface area (Å²) in [6.45, 7) is 0. The molecule has 0 atom stereocenters. The summed E-state index contributed by atoms with van der Waals surface area (Å²) in [6, 6.07) is 14.5. The Bertz CT molecular complexity index is 639. The van der Waals surface area contributed by atoms with Crippen LogP contribution in [0.25, 0.3) is 0 Å². The molecule has 2 rings (SSSR count). The van der Waals surface area contributed by atoms with Gasteiger partial charge in [0.05, 0.1) is 5.69 Å². The van der Waals surface area contributed by atoms with Crippen LogP contribution in [0.5, 0.6) is 5.75 Å². The number of nitriles is 1. The van der Waals surface area contributed by atoms with Gasteiger partial charge >= 0.3 is 0 Å². The van der Waals surface area contributed by atoms with Crippen LogP contribution in [-0.4, -0.2) is 6.08 Å². The first-order chi connectivity index (χ1) is 9.31. The van der Waals surface area contributed by atoms with Crippen LogP contribution in [0.1, 0.15) is 0 Å². The van der Waals surface area contributed by atoms with E-state index in [4.69, 9.17) is 10.00 Å². The van der Waals surface area contributed by atoms with Crippen LogP contribution < -0.4 is 4.74 Å². The largest absolute Gasteiger partial charge is 0.388 e. The number of aliphatic imine (C=N–C) groups is 1. The van der Waals surface area contributed by atoms with E-state index in [0.717, 1.165) is 9.79 Å². The third-order valence-corrected chi connectivity index (χ3v) is 3.25. The van der Waals surface area contributed by atoms with E-state index < -0.39 is 0 Å². The standard InChI is InChI=1S/C14H8N2O2S/c15-9-18-12-3-7-14(8-4-12)19-13-5-1-11(2-6-13)16-10-17/h1-8H. The molecule has 0 aliphatic carbocycles. The van der Waals surface area contributed by atoms with Crippen molar-refractivity contribution in [2.75, 3.05) is 0 Å². The Labute approximate surface area is 114 Å². The van der Waals surface area contributed by atoms with Gasteiger partial charge in [-0.2, -0.15) is 4.99 Å². The highest BCUT2D eigenvalue weighted by atomic mass is 32.2. The van der Waals surface area contributed by atoms with Gasteiger partial charge in [-0.3, -0.25) is 0 Å². The fourth-order valence-electron chi connectivity index (χ4n) is 1.41. The lowest BCUT2D eigenvalue weighted by atomic mass is 10.3. The molecule has 2 aromatic rings. The number of hydrogen-bond acceptors (Lipinski definition) is 5. The number of hydrogen-bond donors (Lipinski definition) is 0. The average Bonchev–Trinajstić information content (AvgIpc) is 2.44. The molecule has 19 heavy (non-hydrogen) atoms. The summed E-state index contributed by atoms with van der Waals surface area (Å²) in [7, 11) is 0. The predicted octanol–water partition coefficient (Wildman–Crippen LogP) is 3.66. The molecule has 0 radical (unpaired) electrons. The van der Waals surface area contributed by atoms with Gasteiger partial charge < -0.3 is 4.74 Å². The zero-order valence-corrected chi connectivity index (χ0v) is 10.6. The maximum atomic E-state index is 10.1. The minimum absolute atomic E-state index is 0.516. The van der Waals surface area contributed by atoms with Gasteiger partial charge in [0.15, 0.2) is 0 Å². The van der Waals surface area contributed by atoms with Crippen molar-refractivity contribution >= 4 is 23.5 Å². The third kappa shape index (κ3) is 3.71. The van der Waals surface area contributed by atoms with Gasteiger partial charge in [0.1, 0.15) is 5.75 Å². The molecule has 0 saturated carbocycles. The monoisotopic (exact) mass is 268 g/mol. The Morgan fingerprint density at radius 3 is 2.11 bits per heavy atom. The van der Waals surface area contributed by atoms with E-state index in [0.29, 0.717) is 11.4 Å². The van der Waals surface area contributed by atoms with E-state index in [1.165, 1.54) is 6.08 Å². The molecule has 4 nitrogen and oxygen atoms in total. The van der Waals surface area contributed by atoms with Gasteiger partial charge in [0, 0.05) is 9.79 Å². The van der Waals surface area contributed by atoms with E-state index >= 15 is 0 Å². The first kappa shape index (κ1) is 12.9. The fourth-order valence-corrected chi connectivity index (χ4v) is 2.22. The fraction of sp³-hybridized carbons (Fsp3) is 0. The minimum Gasteiger partial charge on any atom is -0.388 e. The highest BCUT2D eigenvalue weighted by Gasteiger charge is 1.99. The van der Waals surface area contributed by atoms with Crippen LogP contribution in [0.4, 0.5) is 5.69 Å². The summed E-state index contributed by atoms with van der Waals surface area (Å²) in [5.74, 6) is 0.516.